The Morgan fingerprint density at radius 2 is 1.26 bits per heavy atom. The fourth-order valence-electron chi connectivity index (χ4n) is 1.65. The van der Waals surface area contributed by atoms with Gasteiger partial charge in [-0.05, 0) is 73.0 Å². The predicted molar refractivity (Wildman–Crippen MR) is 103 cm³/mol. The van der Waals surface area contributed by atoms with Crippen LogP contribution >= 0.6 is 36.0 Å². The van der Waals surface area contributed by atoms with E-state index in [4.69, 9.17) is 40.8 Å². The monoisotopic (exact) mass is 366 g/mol. The zero-order chi connectivity index (χ0) is 16.7. The fourth-order valence-corrected chi connectivity index (χ4v) is 2.11. The van der Waals surface area contributed by atoms with Gasteiger partial charge < -0.3 is 15.4 Å². The van der Waals surface area contributed by atoms with Gasteiger partial charge >= 0.3 is 0 Å². The number of hydrazine groups is 1. The first-order chi connectivity index (χ1) is 11.1. The van der Waals surface area contributed by atoms with Crippen molar-refractivity contribution >= 4 is 57.6 Å². The standard InChI is InChI=1S/C15H15ClN4OS2/c1-21-13-8-6-12(7-9-13)18-15(23)20-19-14(22)17-11-4-2-10(16)3-5-11/h2-9H,1H3,(H2,17,19,22)(H2,18,20,23). The number of rotatable bonds is 3. The molecule has 0 radical (unpaired) electrons. The largest absolute Gasteiger partial charge is 0.497 e. The molecule has 120 valence electrons. The molecule has 23 heavy (non-hydrogen) atoms. The van der Waals surface area contributed by atoms with Crippen LogP contribution in [0.3, 0.4) is 0 Å². The molecule has 2 rings (SSSR count). The Balaban J connectivity index is 1.76. The number of benzene rings is 2. The van der Waals surface area contributed by atoms with Crippen molar-refractivity contribution in [2.45, 2.75) is 0 Å². The van der Waals surface area contributed by atoms with Gasteiger partial charge in [-0.15, -0.1) is 0 Å². The molecular formula is C15H15ClN4OS2. The van der Waals surface area contributed by atoms with Crippen molar-refractivity contribution in [3.05, 3.63) is 53.6 Å². The summed E-state index contributed by atoms with van der Waals surface area (Å²) in [4.78, 5) is 0. The summed E-state index contributed by atoms with van der Waals surface area (Å²) in [6.45, 7) is 0. The summed E-state index contributed by atoms with van der Waals surface area (Å²) >= 11 is 16.2. The summed E-state index contributed by atoms with van der Waals surface area (Å²) in [7, 11) is 1.62. The fraction of sp³-hybridized carbons (Fsp3) is 0.0667. The summed E-state index contributed by atoms with van der Waals surface area (Å²) in [6, 6.07) is 14.6. The second-order valence-corrected chi connectivity index (χ2v) is 5.65. The number of methoxy groups -OCH3 is 1. The van der Waals surface area contributed by atoms with Crippen molar-refractivity contribution in [3.8, 4) is 5.75 Å². The molecule has 0 atom stereocenters. The molecule has 0 heterocycles. The Morgan fingerprint density at radius 1 is 0.826 bits per heavy atom. The molecule has 0 aliphatic heterocycles. The lowest BCUT2D eigenvalue weighted by molar-refractivity contribution is 0.415. The van der Waals surface area contributed by atoms with Crippen molar-refractivity contribution in [1.82, 2.24) is 10.9 Å². The highest BCUT2D eigenvalue weighted by atomic mass is 35.5. The minimum absolute atomic E-state index is 0.381. The Kier molecular flexibility index (Phi) is 6.40. The predicted octanol–water partition coefficient (Wildman–Crippen LogP) is 3.54. The summed E-state index contributed by atoms with van der Waals surface area (Å²) in [6.07, 6.45) is 0. The molecule has 0 aliphatic carbocycles. The number of halogens is 1. The van der Waals surface area contributed by atoms with Crippen LogP contribution in [0.1, 0.15) is 0 Å². The first kappa shape index (κ1) is 17.3. The van der Waals surface area contributed by atoms with E-state index in [0.29, 0.717) is 15.2 Å². The first-order valence-corrected chi connectivity index (χ1v) is 7.80. The zero-order valence-electron chi connectivity index (χ0n) is 12.2. The van der Waals surface area contributed by atoms with Gasteiger partial charge in [-0.2, -0.15) is 0 Å². The summed E-state index contributed by atoms with van der Waals surface area (Å²) < 4.78 is 5.09. The van der Waals surface area contributed by atoms with Crippen LogP contribution in [0.4, 0.5) is 11.4 Å². The van der Waals surface area contributed by atoms with Crippen LogP contribution in [0.5, 0.6) is 5.75 Å². The van der Waals surface area contributed by atoms with Gasteiger partial charge in [0.05, 0.1) is 7.11 Å². The molecule has 5 nitrogen and oxygen atoms in total. The molecule has 0 saturated heterocycles. The van der Waals surface area contributed by atoms with E-state index < -0.39 is 0 Å². The van der Waals surface area contributed by atoms with Gasteiger partial charge in [0.25, 0.3) is 0 Å². The Morgan fingerprint density at radius 3 is 1.70 bits per heavy atom. The summed E-state index contributed by atoms with van der Waals surface area (Å²) in [5.41, 5.74) is 7.25. The maximum Gasteiger partial charge on any atom is 0.189 e. The van der Waals surface area contributed by atoms with E-state index >= 15 is 0 Å². The van der Waals surface area contributed by atoms with E-state index in [2.05, 4.69) is 21.5 Å². The second kappa shape index (κ2) is 8.52. The molecule has 0 aliphatic rings. The maximum atomic E-state index is 5.83. The van der Waals surface area contributed by atoms with Crippen LogP contribution in [0, 0.1) is 0 Å². The Labute approximate surface area is 150 Å². The molecule has 2 aromatic carbocycles. The molecule has 0 bridgehead atoms. The van der Waals surface area contributed by atoms with Crippen LogP contribution in [0.2, 0.25) is 5.02 Å². The molecule has 0 aromatic heterocycles. The van der Waals surface area contributed by atoms with Crippen molar-refractivity contribution in [1.29, 1.82) is 0 Å². The average Bonchev–Trinajstić information content (AvgIpc) is 2.56. The van der Waals surface area contributed by atoms with Gasteiger partial charge in [0.15, 0.2) is 10.2 Å². The third-order valence-electron chi connectivity index (χ3n) is 2.74. The van der Waals surface area contributed by atoms with Crippen molar-refractivity contribution in [2.75, 3.05) is 17.7 Å². The molecule has 8 heteroatoms. The number of anilines is 2. The minimum atomic E-state index is 0.381. The second-order valence-electron chi connectivity index (χ2n) is 4.39. The first-order valence-electron chi connectivity index (χ1n) is 6.60. The highest BCUT2D eigenvalue weighted by molar-refractivity contribution is 7.81. The van der Waals surface area contributed by atoms with Gasteiger partial charge in [-0.25, -0.2) is 0 Å². The molecule has 0 unspecified atom stereocenters. The van der Waals surface area contributed by atoms with Crippen LogP contribution in [0.25, 0.3) is 0 Å². The SMILES string of the molecule is COc1ccc(NC(=S)NNC(=S)Nc2ccc(Cl)cc2)cc1. The smallest absolute Gasteiger partial charge is 0.189 e. The molecular weight excluding hydrogens is 352 g/mol. The summed E-state index contributed by atoms with van der Waals surface area (Å²) in [5, 5.41) is 7.45. The van der Waals surface area contributed by atoms with E-state index in [1.165, 1.54) is 0 Å². The number of hydrogen-bond donors (Lipinski definition) is 4. The van der Waals surface area contributed by atoms with E-state index in [1.54, 1.807) is 19.2 Å². The lowest BCUT2D eigenvalue weighted by Crippen LogP contribution is -2.45. The molecule has 0 amide bonds. The summed E-state index contributed by atoms with van der Waals surface area (Å²) in [5.74, 6) is 0.779. The van der Waals surface area contributed by atoms with Gasteiger partial charge in [0, 0.05) is 16.4 Å². The van der Waals surface area contributed by atoms with Crippen LogP contribution in [-0.2, 0) is 0 Å². The van der Waals surface area contributed by atoms with Crippen LogP contribution in [0.15, 0.2) is 48.5 Å². The van der Waals surface area contributed by atoms with Gasteiger partial charge in [-0.1, -0.05) is 11.6 Å². The lowest BCUT2D eigenvalue weighted by Gasteiger charge is -2.14. The topological polar surface area (TPSA) is 57.4 Å². The maximum absolute atomic E-state index is 5.83. The van der Waals surface area contributed by atoms with Gasteiger partial charge in [-0.3, -0.25) is 10.9 Å². The van der Waals surface area contributed by atoms with E-state index in [1.807, 2.05) is 36.4 Å². The number of ether oxygens (including phenoxy) is 1. The van der Waals surface area contributed by atoms with Crippen molar-refractivity contribution in [3.63, 3.8) is 0 Å². The molecule has 2 aromatic rings. The van der Waals surface area contributed by atoms with Crippen LogP contribution in [-0.4, -0.2) is 17.3 Å². The van der Waals surface area contributed by atoms with Crippen LogP contribution < -0.4 is 26.2 Å². The molecule has 0 saturated carbocycles. The van der Waals surface area contributed by atoms with E-state index in [0.717, 1.165) is 17.1 Å². The quantitative estimate of drug-likeness (QED) is 0.489. The molecule has 0 spiro atoms. The number of thiocarbonyl (C=S) groups is 2. The van der Waals surface area contributed by atoms with Gasteiger partial charge in [0.1, 0.15) is 5.75 Å². The average molecular weight is 367 g/mol. The minimum Gasteiger partial charge on any atom is -0.497 e. The molecule has 0 fully saturated rings. The van der Waals surface area contributed by atoms with E-state index in [-0.39, 0.29) is 0 Å². The third-order valence-corrected chi connectivity index (χ3v) is 3.40. The number of nitrogens with one attached hydrogen (secondary N) is 4. The molecule has 4 N–H and O–H groups in total. The Bertz CT molecular complexity index is 677. The normalized spacial score (nSPS) is 9.65. The highest BCUT2D eigenvalue weighted by Crippen LogP contribution is 2.15. The number of hydrogen-bond acceptors (Lipinski definition) is 3. The van der Waals surface area contributed by atoms with Crippen molar-refractivity contribution < 1.29 is 4.74 Å². The zero-order valence-corrected chi connectivity index (χ0v) is 14.6. The third kappa shape index (κ3) is 5.90. The lowest BCUT2D eigenvalue weighted by atomic mass is 10.3. The highest BCUT2D eigenvalue weighted by Gasteiger charge is 2.00. The van der Waals surface area contributed by atoms with E-state index in [9.17, 15) is 0 Å². The van der Waals surface area contributed by atoms with Gasteiger partial charge in [0.2, 0.25) is 0 Å². The van der Waals surface area contributed by atoms with Crippen molar-refractivity contribution in [2.24, 2.45) is 0 Å². The Hall–Kier alpha value is -2.09.